The fourth-order valence-corrected chi connectivity index (χ4v) is 8.40. The maximum absolute atomic E-state index is 11.3. The van der Waals surface area contributed by atoms with Gasteiger partial charge in [-0.3, -0.25) is 9.55 Å². The number of benzene rings is 7. The molecule has 4 heteroatoms. The Hall–Kier alpha value is -7.04. The van der Waals surface area contributed by atoms with Gasteiger partial charge in [0.15, 0.2) is 0 Å². The molecule has 61 heavy (non-hydrogen) atoms. The first-order valence-corrected chi connectivity index (χ1v) is 20.9. The van der Waals surface area contributed by atoms with E-state index < -0.39 is 17.7 Å². The largest absolute Gasteiger partial charge is 0.507 e. The molecule has 0 aliphatic rings. The SMILES string of the molecule is [2H]C(C)(C)c1ccc(-c2ccnc(-c3cc(-c4ccccc4)cc(-c4cccc5c4nc(-c4ccccc4O)n5-c4ccc(-c5c(C([2H])(C)C)cccc5C([2H])(C)C)cc4)c3)c2)cc1. The minimum atomic E-state index is -0.882. The van der Waals surface area contributed by atoms with E-state index >= 15 is 0 Å². The molecule has 0 spiro atoms. The van der Waals surface area contributed by atoms with E-state index in [1.165, 1.54) is 0 Å². The van der Waals surface area contributed by atoms with Crippen LogP contribution in [0.2, 0.25) is 0 Å². The van der Waals surface area contributed by atoms with Crippen LogP contribution in [0, 0.1) is 0 Å². The second kappa shape index (κ2) is 16.5. The van der Waals surface area contributed by atoms with Gasteiger partial charge in [-0.25, -0.2) is 4.98 Å². The Bertz CT molecular complexity index is 3120. The second-order valence-electron chi connectivity index (χ2n) is 16.4. The molecule has 0 aliphatic heterocycles. The molecule has 0 amide bonds. The summed E-state index contributed by atoms with van der Waals surface area (Å²) in [5.74, 6) is -1.72. The molecule has 9 rings (SSSR count). The fraction of sp³-hybridized carbons (Fsp3) is 0.158. The smallest absolute Gasteiger partial charge is 0.149 e. The number of phenols is 1. The van der Waals surface area contributed by atoms with E-state index in [1.54, 1.807) is 6.07 Å². The number of para-hydroxylation sites is 2. The Morgan fingerprint density at radius 2 is 1.10 bits per heavy atom. The summed E-state index contributed by atoms with van der Waals surface area (Å²) in [4.78, 5) is 10.3. The van der Waals surface area contributed by atoms with Crippen LogP contribution in [-0.4, -0.2) is 19.6 Å². The summed E-state index contributed by atoms with van der Waals surface area (Å²) < 4.78 is 28.7. The maximum atomic E-state index is 11.3. The highest BCUT2D eigenvalue weighted by molar-refractivity contribution is 5.97. The topological polar surface area (TPSA) is 50.9 Å². The zero-order valence-electron chi connectivity index (χ0n) is 38.5. The molecular formula is C57H51N3O. The van der Waals surface area contributed by atoms with Crippen molar-refractivity contribution < 1.29 is 9.22 Å². The average molecular weight is 797 g/mol. The molecule has 0 saturated heterocycles. The van der Waals surface area contributed by atoms with Gasteiger partial charge < -0.3 is 5.11 Å². The lowest BCUT2D eigenvalue weighted by atomic mass is 9.85. The van der Waals surface area contributed by atoms with Crippen molar-refractivity contribution in [2.24, 2.45) is 0 Å². The number of pyridine rings is 1. The van der Waals surface area contributed by atoms with Crippen molar-refractivity contribution in [3.8, 4) is 78.6 Å². The van der Waals surface area contributed by atoms with Gasteiger partial charge in [0.25, 0.3) is 0 Å². The third-order valence-corrected chi connectivity index (χ3v) is 11.6. The van der Waals surface area contributed by atoms with Crippen molar-refractivity contribution in [3.05, 3.63) is 193 Å². The number of aromatic nitrogens is 3. The third-order valence-electron chi connectivity index (χ3n) is 11.6. The number of rotatable bonds is 10. The van der Waals surface area contributed by atoms with E-state index in [9.17, 15) is 5.11 Å². The number of hydrogen-bond donors (Lipinski definition) is 1. The predicted molar refractivity (Wildman–Crippen MR) is 255 cm³/mol. The number of aromatic hydroxyl groups is 1. The Kier molecular flexibility index (Phi) is 9.73. The number of phenolic OH excluding ortho intramolecular Hbond substituents is 1. The van der Waals surface area contributed by atoms with E-state index in [0.717, 1.165) is 89.2 Å². The van der Waals surface area contributed by atoms with Crippen molar-refractivity contribution in [1.82, 2.24) is 14.5 Å². The first kappa shape index (κ1) is 35.9. The van der Waals surface area contributed by atoms with Crippen LogP contribution in [0.1, 0.15) is 80.0 Å². The highest BCUT2D eigenvalue weighted by Gasteiger charge is 2.22. The van der Waals surface area contributed by atoms with Crippen molar-refractivity contribution in [2.45, 2.75) is 59.2 Å². The Balaban J connectivity index is 1.22. The lowest BCUT2D eigenvalue weighted by molar-refractivity contribution is 0.477. The highest BCUT2D eigenvalue weighted by Crippen LogP contribution is 2.41. The summed E-state index contributed by atoms with van der Waals surface area (Å²) in [5.41, 5.74) is 15.6. The van der Waals surface area contributed by atoms with Gasteiger partial charge in [-0.05, 0) is 134 Å². The van der Waals surface area contributed by atoms with Crippen LogP contribution >= 0.6 is 0 Å². The predicted octanol–water partition coefficient (Wildman–Crippen LogP) is 15.5. The summed E-state index contributed by atoms with van der Waals surface area (Å²) in [7, 11) is 0. The summed E-state index contributed by atoms with van der Waals surface area (Å²) in [6.07, 6.45) is 1.86. The van der Waals surface area contributed by atoms with Gasteiger partial charge in [0.1, 0.15) is 11.6 Å². The van der Waals surface area contributed by atoms with Crippen LogP contribution in [0.4, 0.5) is 0 Å². The molecule has 0 atom stereocenters. The van der Waals surface area contributed by atoms with Crippen LogP contribution in [-0.2, 0) is 0 Å². The Morgan fingerprint density at radius 3 is 1.79 bits per heavy atom. The Labute approximate surface area is 364 Å². The lowest BCUT2D eigenvalue weighted by Gasteiger charge is -2.20. The first-order valence-electron chi connectivity index (χ1n) is 22.4. The van der Waals surface area contributed by atoms with Gasteiger partial charge in [0, 0.05) is 27.1 Å². The quantitative estimate of drug-likeness (QED) is 0.150. The standard InChI is InChI=1S/C57H51N3O/c1-36(2)39-22-24-41(25-23-39)43-30-31-58-52(35-43)46-33-44(40-14-8-7-9-15-40)32-45(34-46)50-19-13-20-53-56(50)59-57(51-16-10-11-21-54(51)61)60(53)47-28-26-42(27-29-47)55-48(37(3)4)17-12-18-49(55)38(5)6/h7-38,61H,1-6H3/i36D,37D,38D. The molecule has 0 bridgehead atoms. The molecule has 7 aromatic carbocycles. The van der Waals surface area contributed by atoms with Crippen molar-refractivity contribution >= 4 is 11.0 Å². The van der Waals surface area contributed by atoms with Gasteiger partial charge in [0.05, 0.1) is 22.3 Å². The number of fused-ring (bicyclic) bond motifs is 1. The van der Waals surface area contributed by atoms with Gasteiger partial charge in [-0.2, -0.15) is 0 Å². The summed E-state index contributed by atoms with van der Waals surface area (Å²) in [6.45, 7) is 11.4. The molecule has 2 heterocycles. The van der Waals surface area contributed by atoms with Gasteiger partial charge in [0.2, 0.25) is 0 Å². The second-order valence-corrected chi connectivity index (χ2v) is 16.4. The van der Waals surface area contributed by atoms with Crippen LogP contribution in [0.15, 0.2) is 176 Å². The summed E-state index contributed by atoms with van der Waals surface area (Å²) >= 11 is 0. The van der Waals surface area contributed by atoms with Crippen LogP contribution in [0.3, 0.4) is 0 Å². The van der Waals surface area contributed by atoms with Gasteiger partial charge >= 0.3 is 0 Å². The molecule has 0 unspecified atom stereocenters. The van der Waals surface area contributed by atoms with Gasteiger partial charge in [-0.15, -0.1) is 0 Å². The molecule has 300 valence electrons. The molecule has 2 aromatic heterocycles. The molecular weight excluding hydrogens is 743 g/mol. The van der Waals surface area contributed by atoms with Crippen molar-refractivity contribution in [1.29, 1.82) is 0 Å². The monoisotopic (exact) mass is 796 g/mol. The summed E-state index contributed by atoms with van der Waals surface area (Å²) in [5, 5.41) is 11.3. The van der Waals surface area contributed by atoms with Crippen LogP contribution < -0.4 is 0 Å². The van der Waals surface area contributed by atoms with E-state index in [2.05, 4.69) is 108 Å². The maximum Gasteiger partial charge on any atom is 0.149 e. The lowest BCUT2D eigenvalue weighted by Crippen LogP contribution is -2.01. The highest BCUT2D eigenvalue weighted by atomic mass is 16.3. The number of imidazole rings is 1. The Morgan fingerprint density at radius 1 is 0.492 bits per heavy atom. The first-order chi connectivity index (χ1) is 30.5. The normalized spacial score (nSPS) is 12.9. The molecule has 0 radical (unpaired) electrons. The molecule has 1 N–H and O–H groups in total. The van der Waals surface area contributed by atoms with Crippen LogP contribution in [0.25, 0.3) is 83.9 Å². The molecule has 0 aliphatic carbocycles. The molecule has 0 saturated carbocycles. The van der Waals surface area contributed by atoms with E-state index in [0.29, 0.717) is 11.4 Å². The average Bonchev–Trinajstić information content (AvgIpc) is 3.68. The number of nitrogens with zero attached hydrogens (tertiary/aromatic N) is 3. The molecule has 4 nitrogen and oxygen atoms in total. The minimum Gasteiger partial charge on any atom is -0.507 e. The van der Waals surface area contributed by atoms with Crippen LogP contribution in [0.5, 0.6) is 5.75 Å². The summed E-state index contributed by atoms with van der Waals surface area (Å²) in [6, 6.07) is 57.1. The molecule has 9 aromatic rings. The zero-order chi connectivity index (χ0) is 45.0. The number of hydrogen-bond acceptors (Lipinski definition) is 3. The van der Waals surface area contributed by atoms with E-state index in [4.69, 9.17) is 14.1 Å². The van der Waals surface area contributed by atoms with E-state index in [1.807, 2.05) is 108 Å². The minimum absolute atomic E-state index is 0.128. The third kappa shape index (κ3) is 7.66. The van der Waals surface area contributed by atoms with Gasteiger partial charge in [-0.1, -0.05) is 151 Å². The zero-order valence-corrected chi connectivity index (χ0v) is 35.5. The van der Waals surface area contributed by atoms with Crippen molar-refractivity contribution in [2.75, 3.05) is 0 Å². The van der Waals surface area contributed by atoms with E-state index in [-0.39, 0.29) is 5.75 Å². The van der Waals surface area contributed by atoms with Crippen molar-refractivity contribution in [3.63, 3.8) is 0 Å². The fourth-order valence-electron chi connectivity index (χ4n) is 8.40. The molecule has 0 fully saturated rings.